The number of aryl methyl sites for hydroxylation is 1. The van der Waals surface area contributed by atoms with Crippen molar-refractivity contribution in [3.63, 3.8) is 0 Å². The van der Waals surface area contributed by atoms with Crippen molar-refractivity contribution < 1.29 is 9.53 Å². The third-order valence-corrected chi connectivity index (χ3v) is 3.22. The summed E-state index contributed by atoms with van der Waals surface area (Å²) in [5.74, 6) is 0.660. The fourth-order valence-electron chi connectivity index (χ4n) is 2.21. The van der Waals surface area contributed by atoms with Crippen molar-refractivity contribution >= 4 is 17.3 Å². The first-order chi connectivity index (χ1) is 11.0. The van der Waals surface area contributed by atoms with E-state index in [4.69, 9.17) is 4.74 Å². The van der Waals surface area contributed by atoms with E-state index in [1.54, 1.807) is 0 Å². The lowest BCUT2D eigenvalue weighted by Crippen LogP contribution is -2.17. The van der Waals surface area contributed by atoms with Gasteiger partial charge in [0.1, 0.15) is 5.75 Å². The van der Waals surface area contributed by atoms with Crippen LogP contribution in [0.2, 0.25) is 0 Å². The van der Waals surface area contributed by atoms with E-state index in [9.17, 15) is 4.79 Å². The van der Waals surface area contributed by atoms with Crippen LogP contribution in [0.1, 0.15) is 25.8 Å². The minimum Gasteiger partial charge on any atom is -0.489 e. The van der Waals surface area contributed by atoms with Crippen LogP contribution < -0.4 is 15.4 Å². The minimum atomic E-state index is -0.0371. The number of nitrogens with one attached hydrogen (secondary N) is 2. The number of carbonyl (C=O) groups is 1. The van der Waals surface area contributed by atoms with Gasteiger partial charge in [-0.3, -0.25) is 4.79 Å². The van der Waals surface area contributed by atoms with Crippen LogP contribution >= 0.6 is 0 Å². The molecule has 122 valence electrons. The number of rotatable bonds is 7. The first-order valence-electron chi connectivity index (χ1n) is 7.90. The number of ether oxygens (including phenoxy) is 1. The molecule has 0 radical (unpaired) electrons. The smallest absolute Gasteiger partial charge is 0.226 e. The standard InChI is InChI=1S/C19H24N2O2/c1-14(2)23-18-10-5-4-9-17(18)21-19(22)11-12-20-16-8-6-7-15(3)13-16/h4-10,13-14,20H,11-12H2,1-3H3,(H,21,22). The first-order valence-corrected chi connectivity index (χ1v) is 7.90. The van der Waals surface area contributed by atoms with Gasteiger partial charge in [0, 0.05) is 18.7 Å². The van der Waals surface area contributed by atoms with Crippen molar-refractivity contribution in [3.8, 4) is 5.75 Å². The number of hydrogen-bond donors (Lipinski definition) is 2. The summed E-state index contributed by atoms with van der Waals surface area (Å²) in [4.78, 5) is 12.1. The quantitative estimate of drug-likeness (QED) is 0.804. The summed E-state index contributed by atoms with van der Waals surface area (Å²) >= 11 is 0. The molecule has 0 saturated heterocycles. The minimum absolute atomic E-state index is 0.0371. The molecule has 0 bridgehead atoms. The molecule has 4 heteroatoms. The molecule has 0 aliphatic heterocycles. The molecule has 0 aromatic heterocycles. The van der Waals surface area contributed by atoms with Crippen molar-refractivity contribution in [1.82, 2.24) is 0 Å². The van der Waals surface area contributed by atoms with Crippen LogP contribution in [0.5, 0.6) is 5.75 Å². The summed E-state index contributed by atoms with van der Waals surface area (Å²) in [7, 11) is 0. The molecule has 2 rings (SSSR count). The van der Waals surface area contributed by atoms with Crippen LogP contribution in [0.25, 0.3) is 0 Å². The number of amides is 1. The van der Waals surface area contributed by atoms with Gasteiger partial charge in [0.15, 0.2) is 0 Å². The van der Waals surface area contributed by atoms with E-state index < -0.39 is 0 Å². The van der Waals surface area contributed by atoms with Crippen LogP contribution in [0.4, 0.5) is 11.4 Å². The normalized spacial score (nSPS) is 10.4. The lowest BCUT2D eigenvalue weighted by Gasteiger charge is -2.15. The van der Waals surface area contributed by atoms with Gasteiger partial charge >= 0.3 is 0 Å². The van der Waals surface area contributed by atoms with Gasteiger partial charge in [0.05, 0.1) is 11.8 Å². The molecule has 0 heterocycles. The predicted octanol–water partition coefficient (Wildman–Crippen LogP) is 4.22. The van der Waals surface area contributed by atoms with E-state index in [-0.39, 0.29) is 12.0 Å². The van der Waals surface area contributed by atoms with Crippen LogP contribution in [0.15, 0.2) is 48.5 Å². The van der Waals surface area contributed by atoms with Gasteiger partial charge in [0.2, 0.25) is 5.91 Å². The Morgan fingerprint density at radius 2 is 1.91 bits per heavy atom. The monoisotopic (exact) mass is 312 g/mol. The summed E-state index contributed by atoms with van der Waals surface area (Å²) in [6, 6.07) is 15.6. The molecule has 0 spiro atoms. The molecule has 2 N–H and O–H groups in total. The van der Waals surface area contributed by atoms with Crippen LogP contribution in [-0.4, -0.2) is 18.6 Å². The highest BCUT2D eigenvalue weighted by molar-refractivity contribution is 5.92. The van der Waals surface area contributed by atoms with Gasteiger partial charge < -0.3 is 15.4 Å². The molecule has 23 heavy (non-hydrogen) atoms. The molecular weight excluding hydrogens is 288 g/mol. The zero-order valence-corrected chi connectivity index (χ0v) is 13.9. The largest absolute Gasteiger partial charge is 0.489 e. The topological polar surface area (TPSA) is 50.4 Å². The molecule has 0 aliphatic carbocycles. The van der Waals surface area contributed by atoms with Gasteiger partial charge in [-0.15, -0.1) is 0 Å². The van der Waals surface area contributed by atoms with Crippen molar-refractivity contribution in [1.29, 1.82) is 0 Å². The highest BCUT2D eigenvalue weighted by Gasteiger charge is 2.08. The second-order valence-corrected chi connectivity index (χ2v) is 5.76. The maximum absolute atomic E-state index is 12.1. The highest BCUT2D eigenvalue weighted by atomic mass is 16.5. The summed E-state index contributed by atoms with van der Waals surface area (Å²) in [5, 5.41) is 6.17. The lowest BCUT2D eigenvalue weighted by molar-refractivity contribution is -0.116. The third kappa shape index (κ3) is 5.66. The van der Waals surface area contributed by atoms with Crippen molar-refractivity contribution in [2.75, 3.05) is 17.2 Å². The molecule has 0 fully saturated rings. The van der Waals surface area contributed by atoms with E-state index in [0.717, 1.165) is 5.69 Å². The summed E-state index contributed by atoms with van der Waals surface area (Å²) in [5.41, 5.74) is 2.93. The second kappa shape index (κ2) is 8.22. The lowest BCUT2D eigenvalue weighted by atomic mass is 10.2. The Labute approximate surface area is 137 Å². The van der Waals surface area contributed by atoms with E-state index >= 15 is 0 Å². The number of hydrogen-bond acceptors (Lipinski definition) is 3. The Kier molecular flexibility index (Phi) is 6.03. The summed E-state index contributed by atoms with van der Waals surface area (Å²) in [6.07, 6.45) is 0.459. The number of carbonyl (C=O) groups excluding carboxylic acids is 1. The molecule has 4 nitrogen and oxygen atoms in total. The number of para-hydroxylation sites is 2. The van der Waals surface area contributed by atoms with E-state index in [2.05, 4.69) is 16.7 Å². The summed E-state index contributed by atoms with van der Waals surface area (Å²) < 4.78 is 5.70. The second-order valence-electron chi connectivity index (χ2n) is 5.76. The fraction of sp³-hybridized carbons (Fsp3) is 0.316. The van der Waals surface area contributed by atoms with Crippen molar-refractivity contribution in [2.45, 2.75) is 33.3 Å². The van der Waals surface area contributed by atoms with Crippen LogP contribution in [-0.2, 0) is 4.79 Å². The molecular formula is C19H24N2O2. The molecule has 2 aromatic carbocycles. The fourth-order valence-corrected chi connectivity index (χ4v) is 2.21. The van der Waals surface area contributed by atoms with E-state index in [0.29, 0.717) is 24.4 Å². The highest BCUT2D eigenvalue weighted by Crippen LogP contribution is 2.24. The van der Waals surface area contributed by atoms with E-state index in [1.807, 2.05) is 63.2 Å². The Hall–Kier alpha value is -2.49. The zero-order chi connectivity index (χ0) is 16.7. The van der Waals surface area contributed by atoms with Gasteiger partial charge in [-0.25, -0.2) is 0 Å². The number of anilines is 2. The molecule has 0 atom stereocenters. The Bertz CT molecular complexity index is 653. The Balaban J connectivity index is 1.85. The zero-order valence-electron chi connectivity index (χ0n) is 13.9. The predicted molar refractivity (Wildman–Crippen MR) is 95.1 cm³/mol. The first kappa shape index (κ1) is 16.9. The molecule has 0 aliphatic rings. The maximum Gasteiger partial charge on any atom is 0.226 e. The Morgan fingerprint density at radius 3 is 2.65 bits per heavy atom. The van der Waals surface area contributed by atoms with Gasteiger partial charge in [0.25, 0.3) is 0 Å². The van der Waals surface area contributed by atoms with Crippen LogP contribution in [0.3, 0.4) is 0 Å². The molecule has 0 saturated carbocycles. The Morgan fingerprint density at radius 1 is 1.13 bits per heavy atom. The third-order valence-electron chi connectivity index (χ3n) is 3.22. The average Bonchev–Trinajstić information content (AvgIpc) is 2.49. The van der Waals surface area contributed by atoms with Crippen molar-refractivity contribution in [2.24, 2.45) is 0 Å². The van der Waals surface area contributed by atoms with Gasteiger partial charge in [-0.05, 0) is 50.6 Å². The van der Waals surface area contributed by atoms with Crippen molar-refractivity contribution in [3.05, 3.63) is 54.1 Å². The molecule has 2 aromatic rings. The molecule has 1 amide bonds. The van der Waals surface area contributed by atoms with Gasteiger partial charge in [-0.1, -0.05) is 24.3 Å². The number of benzene rings is 2. The maximum atomic E-state index is 12.1. The summed E-state index contributed by atoms with van der Waals surface area (Å²) in [6.45, 7) is 6.56. The average molecular weight is 312 g/mol. The van der Waals surface area contributed by atoms with Crippen LogP contribution in [0, 0.1) is 6.92 Å². The SMILES string of the molecule is Cc1cccc(NCCC(=O)Nc2ccccc2OC(C)C)c1. The van der Waals surface area contributed by atoms with E-state index in [1.165, 1.54) is 5.56 Å². The molecule has 0 unspecified atom stereocenters. The van der Waals surface area contributed by atoms with Gasteiger partial charge in [-0.2, -0.15) is 0 Å².